The molecule has 2 N–H and O–H groups in total. The van der Waals surface area contributed by atoms with Crippen molar-refractivity contribution in [1.82, 2.24) is 5.32 Å². The summed E-state index contributed by atoms with van der Waals surface area (Å²) < 4.78 is 5.11. The molecule has 0 aliphatic heterocycles. The van der Waals surface area contributed by atoms with Gasteiger partial charge in [0.25, 0.3) is 0 Å². The van der Waals surface area contributed by atoms with Crippen molar-refractivity contribution in [2.24, 2.45) is 5.41 Å². The zero-order valence-corrected chi connectivity index (χ0v) is 11.9. The van der Waals surface area contributed by atoms with E-state index in [2.05, 4.69) is 25.2 Å². The van der Waals surface area contributed by atoms with Gasteiger partial charge in [-0.3, -0.25) is 0 Å². The predicted molar refractivity (Wildman–Crippen MR) is 74.9 cm³/mol. The fourth-order valence-electron chi connectivity index (χ4n) is 1.89. The summed E-state index contributed by atoms with van der Waals surface area (Å²) >= 11 is 0. The number of methoxy groups -OCH3 is 1. The van der Waals surface area contributed by atoms with Crippen LogP contribution in [0.4, 0.5) is 0 Å². The lowest BCUT2D eigenvalue weighted by Crippen LogP contribution is -2.29. The summed E-state index contributed by atoms with van der Waals surface area (Å²) in [6, 6.07) is 7.73. The fraction of sp³-hybridized carbons (Fsp3) is 0.533. The Morgan fingerprint density at radius 1 is 1.42 bits per heavy atom. The molecule has 0 spiro atoms. The van der Waals surface area contributed by atoms with Crippen LogP contribution in [-0.4, -0.2) is 25.4 Å². The number of nitriles is 1. The lowest BCUT2D eigenvalue weighted by atomic mass is 9.90. The van der Waals surface area contributed by atoms with Gasteiger partial charge in [-0.15, -0.1) is 0 Å². The highest BCUT2D eigenvalue weighted by Crippen LogP contribution is 2.20. The van der Waals surface area contributed by atoms with E-state index < -0.39 is 0 Å². The van der Waals surface area contributed by atoms with Gasteiger partial charge in [0.1, 0.15) is 11.8 Å². The van der Waals surface area contributed by atoms with E-state index in [1.165, 1.54) is 0 Å². The maximum Gasteiger partial charge on any atom is 0.136 e. The van der Waals surface area contributed by atoms with Crippen LogP contribution in [0.2, 0.25) is 0 Å². The number of hydrogen-bond acceptors (Lipinski definition) is 4. The van der Waals surface area contributed by atoms with Crippen molar-refractivity contribution in [3.8, 4) is 11.8 Å². The summed E-state index contributed by atoms with van der Waals surface area (Å²) in [6.07, 6.45) is 0.770. The van der Waals surface area contributed by atoms with Crippen molar-refractivity contribution in [1.29, 1.82) is 5.26 Å². The minimum Gasteiger partial charge on any atom is -0.495 e. The summed E-state index contributed by atoms with van der Waals surface area (Å²) in [7, 11) is 1.56. The molecule has 0 amide bonds. The highest BCUT2D eigenvalue weighted by atomic mass is 16.5. The van der Waals surface area contributed by atoms with E-state index in [4.69, 9.17) is 15.1 Å². The molecule has 0 aliphatic carbocycles. The molecular formula is C15H22N2O2. The Kier molecular flexibility index (Phi) is 5.81. The van der Waals surface area contributed by atoms with Gasteiger partial charge in [-0.25, -0.2) is 0 Å². The lowest BCUT2D eigenvalue weighted by Gasteiger charge is -2.24. The Labute approximate surface area is 115 Å². The molecule has 4 heteroatoms. The van der Waals surface area contributed by atoms with Gasteiger partial charge in [-0.05, 0) is 29.5 Å². The van der Waals surface area contributed by atoms with E-state index in [1.54, 1.807) is 7.11 Å². The Morgan fingerprint density at radius 2 is 2.16 bits per heavy atom. The van der Waals surface area contributed by atoms with Crippen LogP contribution in [-0.2, 0) is 6.54 Å². The van der Waals surface area contributed by atoms with Crippen LogP contribution in [0.3, 0.4) is 0 Å². The van der Waals surface area contributed by atoms with Crippen LogP contribution in [0.1, 0.15) is 31.4 Å². The third-order valence-electron chi connectivity index (χ3n) is 3.11. The molecule has 0 heterocycles. The van der Waals surface area contributed by atoms with Gasteiger partial charge < -0.3 is 15.2 Å². The maximum absolute atomic E-state index is 9.02. The fourth-order valence-corrected chi connectivity index (χ4v) is 1.89. The van der Waals surface area contributed by atoms with Crippen molar-refractivity contribution in [2.75, 3.05) is 20.3 Å². The van der Waals surface area contributed by atoms with E-state index in [0.29, 0.717) is 17.9 Å². The first kappa shape index (κ1) is 15.5. The van der Waals surface area contributed by atoms with Gasteiger partial charge in [-0.2, -0.15) is 5.26 Å². The normalized spacial score (nSPS) is 11.1. The smallest absolute Gasteiger partial charge is 0.136 e. The van der Waals surface area contributed by atoms with Crippen molar-refractivity contribution in [3.63, 3.8) is 0 Å². The number of rotatable bonds is 7. The van der Waals surface area contributed by atoms with Crippen molar-refractivity contribution in [2.45, 2.75) is 26.8 Å². The van der Waals surface area contributed by atoms with Gasteiger partial charge in [0.2, 0.25) is 0 Å². The molecule has 0 fully saturated rings. The molecule has 104 valence electrons. The van der Waals surface area contributed by atoms with Crippen LogP contribution in [0.15, 0.2) is 18.2 Å². The first-order valence-corrected chi connectivity index (χ1v) is 6.41. The lowest BCUT2D eigenvalue weighted by molar-refractivity contribution is 0.207. The van der Waals surface area contributed by atoms with Crippen LogP contribution < -0.4 is 10.1 Å². The molecule has 1 aromatic carbocycles. The van der Waals surface area contributed by atoms with E-state index in [9.17, 15) is 0 Å². The van der Waals surface area contributed by atoms with Gasteiger partial charge >= 0.3 is 0 Å². The molecule has 0 radical (unpaired) electrons. The van der Waals surface area contributed by atoms with Crippen LogP contribution in [0, 0.1) is 16.7 Å². The van der Waals surface area contributed by atoms with Gasteiger partial charge in [0.05, 0.1) is 12.7 Å². The third kappa shape index (κ3) is 4.90. The van der Waals surface area contributed by atoms with Gasteiger partial charge in [0, 0.05) is 19.7 Å². The second kappa shape index (κ2) is 7.13. The van der Waals surface area contributed by atoms with Gasteiger partial charge in [0.15, 0.2) is 0 Å². The average molecular weight is 262 g/mol. The first-order valence-electron chi connectivity index (χ1n) is 6.41. The number of aliphatic hydroxyl groups excluding tert-OH is 1. The highest BCUT2D eigenvalue weighted by molar-refractivity contribution is 5.45. The molecular weight excluding hydrogens is 240 g/mol. The molecule has 19 heavy (non-hydrogen) atoms. The Balaban J connectivity index is 2.57. The SMILES string of the molecule is COc1ccc(CNCC(C)(C)CCO)cc1C#N. The summed E-state index contributed by atoms with van der Waals surface area (Å²) in [6.45, 7) is 5.96. The quantitative estimate of drug-likeness (QED) is 0.789. The minimum atomic E-state index is 0.0687. The van der Waals surface area contributed by atoms with Crippen LogP contribution >= 0.6 is 0 Å². The second-order valence-corrected chi connectivity index (χ2v) is 5.39. The van der Waals surface area contributed by atoms with Crippen molar-refractivity contribution in [3.05, 3.63) is 29.3 Å². The van der Waals surface area contributed by atoms with Crippen LogP contribution in [0.25, 0.3) is 0 Å². The van der Waals surface area contributed by atoms with Crippen molar-refractivity contribution < 1.29 is 9.84 Å². The first-order chi connectivity index (χ1) is 9.02. The molecule has 0 unspecified atom stereocenters. The van der Waals surface area contributed by atoms with Gasteiger partial charge in [-0.1, -0.05) is 19.9 Å². The number of nitrogens with zero attached hydrogens (tertiary/aromatic N) is 1. The number of nitrogens with one attached hydrogen (secondary N) is 1. The molecule has 0 saturated carbocycles. The molecule has 0 atom stereocenters. The molecule has 0 aromatic heterocycles. The number of hydrogen-bond donors (Lipinski definition) is 2. The average Bonchev–Trinajstić information content (AvgIpc) is 2.38. The second-order valence-electron chi connectivity index (χ2n) is 5.39. The standard InChI is InChI=1S/C15H22N2O2/c1-15(2,6-7-18)11-17-10-12-4-5-14(19-3)13(8-12)9-16/h4-5,8,17-18H,6-7,10-11H2,1-3H3. The number of benzene rings is 1. The molecule has 0 saturated heterocycles. The largest absolute Gasteiger partial charge is 0.495 e. The topological polar surface area (TPSA) is 65.3 Å². The number of ether oxygens (including phenoxy) is 1. The maximum atomic E-state index is 9.02. The zero-order valence-electron chi connectivity index (χ0n) is 11.9. The number of aliphatic hydroxyl groups is 1. The summed E-state index contributed by atoms with van der Waals surface area (Å²) in [4.78, 5) is 0. The predicted octanol–water partition coefficient (Wildman–Crippen LogP) is 2.07. The summed E-state index contributed by atoms with van der Waals surface area (Å²) in [5.74, 6) is 0.604. The zero-order chi connectivity index (χ0) is 14.3. The molecule has 1 rings (SSSR count). The van der Waals surface area contributed by atoms with Crippen molar-refractivity contribution >= 4 is 0 Å². The minimum absolute atomic E-state index is 0.0687. The van der Waals surface area contributed by atoms with E-state index in [1.807, 2.05) is 18.2 Å². The Morgan fingerprint density at radius 3 is 2.74 bits per heavy atom. The Bertz CT molecular complexity index is 450. The molecule has 4 nitrogen and oxygen atoms in total. The Hall–Kier alpha value is -1.57. The molecule has 0 aliphatic rings. The monoisotopic (exact) mass is 262 g/mol. The van der Waals surface area contributed by atoms with E-state index in [0.717, 1.165) is 18.5 Å². The summed E-state index contributed by atoms with van der Waals surface area (Å²) in [5.41, 5.74) is 1.67. The van der Waals surface area contributed by atoms with E-state index >= 15 is 0 Å². The van der Waals surface area contributed by atoms with Crippen LogP contribution in [0.5, 0.6) is 5.75 Å². The molecule has 0 bridgehead atoms. The van der Waals surface area contributed by atoms with E-state index in [-0.39, 0.29) is 12.0 Å². The summed E-state index contributed by atoms with van der Waals surface area (Å²) in [5, 5.41) is 21.3. The third-order valence-corrected chi connectivity index (χ3v) is 3.11. The molecule has 1 aromatic rings. The highest BCUT2D eigenvalue weighted by Gasteiger charge is 2.16.